The number of hydrogen-bond donors (Lipinski definition) is 4. The summed E-state index contributed by atoms with van der Waals surface area (Å²) in [6, 6.07) is 3.61. The van der Waals surface area contributed by atoms with E-state index in [1.165, 1.54) is 0 Å². The number of benzene rings is 1. The highest BCUT2D eigenvalue weighted by molar-refractivity contribution is 6.00. The maximum absolute atomic E-state index is 12.6. The number of ether oxygens (including phenoxy) is 2. The molecule has 0 saturated carbocycles. The summed E-state index contributed by atoms with van der Waals surface area (Å²) in [5.41, 5.74) is 0.612. The van der Waals surface area contributed by atoms with E-state index >= 15 is 0 Å². The number of hydrogen-bond acceptors (Lipinski definition) is 6. The van der Waals surface area contributed by atoms with E-state index < -0.39 is 36.1 Å². The number of carbonyl (C=O) groups excluding carboxylic acids is 4. The lowest BCUT2D eigenvalue weighted by Crippen LogP contribution is -2.48. The van der Waals surface area contributed by atoms with Gasteiger partial charge in [0, 0.05) is 0 Å². The Labute approximate surface area is 201 Å². The molecular formula is C24H38N4O6. The van der Waals surface area contributed by atoms with Crippen LogP contribution >= 0.6 is 0 Å². The van der Waals surface area contributed by atoms with Crippen LogP contribution in [0.2, 0.25) is 0 Å². The summed E-state index contributed by atoms with van der Waals surface area (Å²) >= 11 is 0. The van der Waals surface area contributed by atoms with Gasteiger partial charge < -0.3 is 30.7 Å². The zero-order valence-corrected chi connectivity index (χ0v) is 21.2. The number of amides is 4. The van der Waals surface area contributed by atoms with Crippen LogP contribution in [0.3, 0.4) is 0 Å². The van der Waals surface area contributed by atoms with Gasteiger partial charge in [-0.05, 0) is 51.7 Å². The molecule has 1 aromatic carbocycles. The molecule has 2 atom stereocenters. The molecule has 0 aliphatic rings. The van der Waals surface area contributed by atoms with Crippen molar-refractivity contribution in [1.82, 2.24) is 10.6 Å². The molecule has 10 nitrogen and oxygen atoms in total. The summed E-state index contributed by atoms with van der Waals surface area (Å²) in [6.07, 6.45) is -0.621. The topological polar surface area (TPSA) is 135 Å². The zero-order valence-electron chi connectivity index (χ0n) is 21.2. The summed E-state index contributed by atoms with van der Waals surface area (Å²) < 4.78 is 10.4. The highest BCUT2D eigenvalue weighted by Crippen LogP contribution is 2.21. The van der Waals surface area contributed by atoms with Gasteiger partial charge in [0.2, 0.25) is 0 Å². The summed E-state index contributed by atoms with van der Waals surface area (Å²) in [5, 5.41) is 10.5. The van der Waals surface area contributed by atoms with Gasteiger partial charge >= 0.3 is 24.0 Å². The van der Waals surface area contributed by atoms with Crippen LogP contribution in [-0.4, -0.2) is 48.3 Å². The number of carbonyl (C=O) groups is 4. The van der Waals surface area contributed by atoms with E-state index in [1.807, 2.05) is 0 Å². The van der Waals surface area contributed by atoms with E-state index in [0.717, 1.165) is 0 Å². The molecule has 0 spiro atoms. The van der Waals surface area contributed by atoms with Crippen molar-refractivity contribution in [1.29, 1.82) is 0 Å². The van der Waals surface area contributed by atoms with E-state index in [-0.39, 0.29) is 24.0 Å². The van der Waals surface area contributed by atoms with E-state index in [4.69, 9.17) is 9.47 Å². The van der Waals surface area contributed by atoms with Crippen molar-refractivity contribution in [2.45, 2.75) is 79.7 Å². The summed E-state index contributed by atoms with van der Waals surface area (Å²) in [7, 11) is 0. The molecule has 10 heteroatoms. The molecule has 4 N–H and O–H groups in total. The Morgan fingerprint density at radius 3 is 1.21 bits per heavy atom. The van der Waals surface area contributed by atoms with Crippen molar-refractivity contribution in [3.8, 4) is 0 Å². The SMILES string of the molecule is CC(C)OC(=O)[C@H](NC(=O)Nc1ccccc1NC(=O)N[C@@H](C(=O)OC(C)C)C(C)C)C(C)C. The Balaban J connectivity index is 2.89. The first-order valence-electron chi connectivity index (χ1n) is 11.5. The smallest absolute Gasteiger partial charge is 0.329 e. The average Bonchev–Trinajstić information content (AvgIpc) is 2.70. The highest BCUT2D eigenvalue weighted by Gasteiger charge is 2.28. The van der Waals surface area contributed by atoms with Gasteiger partial charge in [0.1, 0.15) is 12.1 Å². The van der Waals surface area contributed by atoms with Gasteiger partial charge in [0.25, 0.3) is 0 Å². The first-order valence-corrected chi connectivity index (χ1v) is 11.5. The van der Waals surface area contributed by atoms with Crippen LogP contribution in [0.15, 0.2) is 24.3 Å². The van der Waals surface area contributed by atoms with Gasteiger partial charge in [0.15, 0.2) is 0 Å². The molecule has 0 aliphatic heterocycles. The van der Waals surface area contributed by atoms with Gasteiger partial charge in [-0.2, -0.15) is 0 Å². The Kier molecular flexibility index (Phi) is 11.3. The number of urea groups is 2. The monoisotopic (exact) mass is 478 g/mol. The van der Waals surface area contributed by atoms with Crippen LogP contribution in [0.5, 0.6) is 0 Å². The second-order valence-electron chi connectivity index (χ2n) is 9.16. The molecule has 0 aliphatic carbocycles. The lowest BCUT2D eigenvalue weighted by atomic mass is 10.0. The van der Waals surface area contributed by atoms with Crippen molar-refractivity contribution in [2.75, 3.05) is 10.6 Å². The largest absolute Gasteiger partial charge is 0.461 e. The quantitative estimate of drug-likeness (QED) is 0.377. The third-order valence-electron chi connectivity index (χ3n) is 4.54. The van der Waals surface area contributed by atoms with E-state index in [9.17, 15) is 19.2 Å². The van der Waals surface area contributed by atoms with Gasteiger partial charge in [-0.3, -0.25) is 0 Å². The fourth-order valence-electron chi connectivity index (χ4n) is 2.91. The summed E-state index contributed by atoms with van der Waals surface area (Å²) in [5.74, 6) is -1.46. The molecule has 0 aromatic heterocycles. The second kappa shape index (κ2) is 13.4. The standard InChI is InChI=1S/C24H38N4O6/c1-13(2)19(21(29)33-15(5)6)27-23(31)25-17-11-9-10-12-18(17)26-24(32)28-20(14(3)4)22(30)34-16(7)8/h9-16,19-20H,1-8H3,(H2,25,27,31)(H2,26,28,32)/t19-,20-/m1/s1. The van der Waals surface area contributed by atoms with Crippen molar-refractivity contribution >= 4 is 35.4 Å². The van der Waals surface area contributed by atoms with Gasteiger partial charge in [-0.1, -0.05) is 39.8 Å². The van der Waals surface area contributed by atoms with Crippen molar-refractivity contribution in [3.05, 3.63) is 24.3 Å². The van der Waals surface area contributed by atoms with Crippen LogP contribution in [0.1, 0.15) is 55.4 Å². The first-order chi connectivity index (χ1) is 15.8. The van der Waals surface area contributed by atoms with Crippen LogP contribution in [-0.2, 0) is 19.1 Å². The van der Waals surface area contributed by atoms with Crippen molar-refractivity contribution in [2.24, 2.45) is 11.8 Å². The maximum Gasteiger partial charge on any atom is 0.329 e. The molecule has 0 saturated heterocycles. The molecule has 0 radical (unpaired) electrons. The summed E-state index contributed by atoms with van der Waals surface area (Å²) in [4.78, 5) is 49.8. The first kappa shape index (κ1) is 28.7. The molecule has 190 valence electrons. The summed E-state index contributed by atoms with van der Waals surface area (Å²) in [6.45, 7) is 14.1. The van der Waals surface area contributed by atoms with Gasteiger partial charge in [-0.25, -0.2) is 19.2 Å². The van der Waals surface area contributed by atoms with Crippen LogP contribution in [0.4, 0.5) is 21.0 Å². The minimum atomic E-state index is -0.843. The minimum absolute atomic E-state index is 0.199. The average molecular weight is 479 g/mol. The van der Waals surface area contributed by atoms with Gasteiger partial charge in [0.05, 0.1) is 23.6 Å². The highest BCUT2D eigenvalue weighted by atomic mass is 16.5. The number of nitrogens with one attached hydrogen (secondary N) is 4. The molecular weight excluding hydrogens is 440 g/mol. The maximum atomic E-state index is 12.6. The lowest BCUT2D eigenvalue weighted by Gasteiger charge is -2.23. The second-order valence-corrected chi connectivity index (χ2v) is 9.16. The van der Waals surface area contributed by atoms with E-state index in [0.29, 0.717) is 11.4 Å². The Morgan fingerprint density at radius 1 is 0.618 bits per heavy atom. The van der Waals surface area contributed by atoms with E-state index in [1.54, 1.807) is 79.7 Å². The molecule has 0 bridgehead atoms. The molecule has 0 heterocycles. The number of rotatable bonds is 10. The lowest BCUT2D eigenvalue weighted by molar-refractivity contribution is -0.151. The fraction of sp³-hybridized carbons (Fsp3) is 0.583. The van der Waals surface area contributed by atoms with Crippen molar-refractivity contribution < 1.29 is 28.7 Å². The van der Waals surface area contributed by atoms with Crippen LogP contribution < -0.4 is 21.3 Å². The van der Waals surface area contributed by atoms with Gasteiger partial charge in [-0.15, -0.1) is 0 Å². The Bertz CT molecular complexity index is 785. The molecule has 0 unspecified atom stereocenters. The van der Waals surface area contributed by atoms with Crippen LogP contribution in [0, 0.1) is 11.8 Å². The fourth-order valence-corrected chi connectivity index (χ4v) is 2.91. The van der Waals surface area contributed by atoms with Crippen molar-refractivity contribution in [3.63, 3.8) is 0 Å². The Hall–Kier alpha value is -3.30. The zero-order chi connectivity index (χ0) is 26.0. The predicted molar refractivity (Wildman–Crippen MR) is 130 cm³/mol. The minimum Gasteiger partial charge on any atom is -0.461 e. The normalized spacial score (nSPS) is 12.8. The molecule has 4 amide bonds. The van der Waals surface area contributed by atoms with E-state index in [2.05, 4.69) is 21.3 Å². The Morgan fingerprint density at radius 2 is 0.941 bits per heavy atom. The molecule has 0 fully saturated rings. The molecule has 1 aromatic rings. The number of esters is 2. The number of anilines is 2. The predicted octanol–water partition coefficient (Wildman–Crippen LogP) is 3.88. The van der Waals surface area contributed by atoms with Crippen LogP contribution in [0.25, 0.3) is 0 Å². The third kappa shape index (κ3) is 9.68. The molecule has 1 rings (SSSR count). The number of para-hydroxylation sites is 2. The third-order valence-corrected chi connectivity index (χ3v) is 4.54. The molecule has 34 heavy (non-hydrogen) atoms.